The molecule has 5 heteroatoms. The van der Waals surface area contributed by atoms with Gasteiger partial charge in [-0.3, -0.25) is 0 Å². The van der Waals surface area contributed by atoms with Gasteiger partial charge in [-0.25, -0.2) is 0 Å². The third-order valence-corrected chi connectivity index (χ3v) is 3.62. The van der Waals surface area contributed by atoms with Crippen LogP contribution >= 0.6 is 0 Å². The van der Waals surface area contributed by atoms with Gasteiger partial charge < -0.3 is 15.0 Å². The van der Waals surface area contributed by atoms with Crippen LogP contribution in [0.15, 0.2) is 4.52 Å². The molecule has 0 spiro atoms. The van der Waals surface area contributed by atoms with Crippen molar-refractivity contribution in [1.82, 2.24) is 10.1 Å². The van der Waals surface area contributed by atoms with Crippen LogP contribution in [0.3, 0.4) is 0 Å². The Balaban J connectivity index is 2.18. The molecular weight excluding hydrogens is 218 g/mol. The second-order valence-electron chi connectivity index (χ2n) is 5.19. The lowest BCUT2D eigenvalue weighted by atomic mass is 9.77. The Morgan fingerprint density at radius 3 is 3.00 bits per heavy atom. The third-order valence-electron chi connectivity index (χ3n) is 3.62. The van der Waals surface area contributed by atoms with Crippen LogP contribution in [-0.2, 0) is 10.3 Å². The van der Waals surface area contributed by atoms with Crippen LogP contribution in [0.25, 0.3) is 0 Å². The van der Waals surface area contributed by atoms with Gasteiger partial charge in [-0.2, -0.15) is 4.98 Å². The molecule has 0 radical (unpaired) electrons. The van der Waals surface area contributed by atoms with E-state index in [2.05, 4.69) is 17.1 Å². The molecule has 3 atom stereocenters. The standard InChI is InChI=1S/C12H21N3O2/c1-8-5-4-6-12(13,7-8)11-14-10(15-17-11)9(2)16-3/h8-9H,4-7,13H2,1-3H3. The van der Waals surface area contributed by atoms with Crippen molar-refractivity contribution in [3.05, 3.63) is 11.7 Å². The average Bonchev–Trinajstić information content (AvgIpc) is 2.77. The minimum Gasteiger partial charge on any atom is -0.374 e. The van der Waals surface area contributed by atoms with Crippen LogP contribution in [0.5, 0.6) is 0 Å². The molecule has 0 aromatic carbocycles. The van der Waals surface area contributed by atoms with Gasteiger partial charge in [-0.1, -0.05) is 24.9 Å². The molecule has 1 aliphatic carbocycles. The van der Waals surface area contributed by atoms with Gasteiger partial charge in [0.1, 0.15) is 6.10 Å². The van der Waals surface area contributed by atoms with E-state index in [4.69, 9.17) is 15.0 Å². The molecule has 2 rings (SSSR count). The summed E-state index contributed by atoms with van der Waals surface area (Å²) in [4.78, 5) is 4.38. The second-order valence-corrected chi connectivity index (χ2v) is 5.19. The smallest absolute Gasteiger partial charge is 0.246 e. The van der Waals surface area contributed by atoms with Gasteiger partial charge >= 0.3 is 0 Å². The minimum atomic E-state index is -0.448. The molecule has 1 aliphatic rings. The molecule has 0 saturated heterocycles. The first-order valence-electron chi connectivity index (χ1n) is 6.21. The summed E-state index contributed by atoms with van der Waals surface area (Å²) in [6.45, 7) is 4.11. The summed E-state index contributed by atoms with van der Waals surface area (Å²) < 4.78 is 10.5. The van der Waals surface area contributed by atoms with Gasteiger partial charge in [-0.15, -0.1) is 0 Å². The molecule has 1 saturated carbocycles. The number of methoxy groups -OCH3 is 1. The highest BCUT2D eigenvalue weighted by Gasteiger charge is 2.38. The molecule has 0 amide bonds. The molecular formula is C12H21N3O2. The zero-order valence-electron chi connectivity index (χ0n) is 10.8. The van der Waals surface area contributed by atoms with Crippen molar-refractivity contribution in [3.8, 4) is 0 Å². The zero-order chi connectivity index (χ0) is 12.5. The monoisotopic (exact) mass is 239 g/mol. The van der Waals surface area contributed by atoms with Crippen molar-refractivity contribution in [2.24, 2.45) is 11.7 Å². The van der Waals surface area contributed by atoms with Gasteiger partial charge in [0.05, 0.1) is 5.54 Å². The quantitative estimate of drug-likeness (QED) is 0.874. The maximum atomic E-state index is 6.39. The number of rotatable bonds is 3. The van der Waals surface area contributed by atoms with E-state index in [1.165, 1.54) is 6.42 Å². The summed E-state index contributed by atoms with van der Waals surface area (Å²) >= 11 is 0. The van der Waals surface area contributed by atoms with E-state index in [1.807, 2.05) is 6.92 Å². The Hall–Kier alpha value is -0.940. The summed E-state index contributed by atoms with van der Waals surface area (Å²) in [7, 11) is 1.63. The highest BCUT2D eigenvalue weighted by molar-refractivity contribution is 5.05. The summed E-state index contributed by atoms with van der Waals surface area (Å²) in [6.07, 6.45) is 4.03. The number of nitrogens with two attached hydrogens (primary N) is 1. The first kappa shape index (κ1) is 12.5. The molecule has 0 bridgehead atoms. The van der Waals surface area contributed by atoms with Crippen LogP contribution < -0.4 is 5.73 Å². The Morgan fingerprint density at radius 2 is 2.35 bits per heavy atom. The van der Waals surface area contributed by atoms with Crippen molar-refractivity contribution in [1.29, 1.82) is 0 Å². The molecule has 1 aromatic heterocycles. The van der Waals surface area contributed by atoms with Gasteiger partial charge in [0.25, 0.3) is 0 Å². The van der Waals surface area contributed by atoms with Crippen molar-refractivity contribution >= 4 is 0 Å². The lowest BCUT2D eigenvalue weighted by Gasteiger charge is -2.33. The fraction of sp³-hybridized carbons (Fsp3) is 0.833. The molecule has 96 valence electrons. The van der Waals surface area contributed by atoms with E-state index in [0.29, 0.717) is 17.6 Å². The van der Waals surface area contributed by atoms with Crippen LogP contribution in [-0.4, -0.2) is 17.3 Å². The van der Waals surface area contributed by atoms with E-state index in [9.17, 15) is 0 Å². The van der Waals surface area contributed by atoms with Crippen LogP contribution in [0.1, 0.15) is 57.3 Å². The van der Waals surface area contributed by atoms with Gasteiger partial charge in [-0.05, 0) is 25.7 Å². The van der Waals surface area contributed by atoms with Gasteiger partial charge in [0.15, 0.2) is 5.82 Å². The average molecular weight is 239 g/mol. The Kier molecular flexibility index (Phi) is 3.49. The molecule has 17 heavy (non-hydrogen) atoms. The number of nitrogens with zero attached hydrogens (tertiary/aromatic N) is 2. The lowest BCUT2D eigenvalue weighted by molar-refractivity contribution is 0.109. The number of hydrogen-bond donors (Lipinski definition) is 1. The number of ether oxygens (including phenoxy) is 1. The Bertz CT molecular complexity index is 380. The predicted octanol–water partition coefficient (Wildman–Crippen LogP) is 2.14. The molecule has 3 unspecified atom stereocenters. The first-order valence-corrected chi connectivity index (χ1v) is 6.21. The molecule has 0 aliphatic heterocycles. The first-order chi connectivity index (χ1) is 8.05. The normalized spacial score (nSPS) is 31.4. The number of hydrogen-bond acceptors (Lipinski definition) is 5. The van der Waals surface area contributed by atoms with Crippen molar-refractivity contribution < 1.29 is 9.26 Å². The minimum absolute atomic E-state index is 0.155. The highest BCUT2D eigenvalue weighted by Crippen LogP contribution is 2.37. The zero-order valence-corrected chi connectivity index (χ0v) is 10.8. The van der Waals surface area contributed by atoms with Crippen molar-refractivity contribution in [3.63, 3.8) is 0 Å². The largest absolute Gasteiger partial charge is 0.374 e. The summed E-state index contributed by atoms with van der Waals surface area (Å²) in [5.41, 5.74) is 5.94. The summed E-state index contributed by atoms with van der Waals surface area (Å²) in [6, 6.07) is 0. The Labute approximate surface area is 102 Å². The van der Waals surface area contributed by atoms with E-state index in [0.717, 1.165) is 19.3 Å². The highest BCUT2D eigenvalue weighted by atomic mass is 16.5. The second kappa shape index (κ2) is 4.74. The van der Waals surface area contributed by atoms with Crippen molar-refractivity contribution in [2.75, 3.05) is 7.11 Å². The Morgan fingerprint density at radius 1 is 1.59 bits per heavy atom. The van der Waals surface area contributed by atoms with Gasteiger partial charge in [0, 0.05) is 7.11 Å². The molecule has 5 nitrogen and oxygen atoms in total. The number of aromatic nitrogens is 2. The summed E-state index contributed by atoms with van der Waals surface area (Å²) in [5.74, 6) is 1.75. The van der Waals surface area contributed by atoms with Crippen LogP contribution in [0.4, 0.5) is 0 Å². The van der Waals surface area contributed by atoms with E-state index >= 15 is 0 Å². The maximum absolute atomic E-state index is 6.39. The lowest BCUT2D eigenvalue weighted by Crippen LogP contribution is -2.41. The van der Waals surface area contributed by atoms with E-state index in [-0.39, 0.29) is 6.10 Å². The van der Waals surface area contributed by atoms with Crippen LogP contribution in [0, 0.1) is 5.92 Å². The van der Waals surface area contributed by atoms with E-state index < -0.39 is 5.54 Å². The van der Waals surface area contributed by atoms with Gasteiger partial charge in [0.2, 0.25) is 5.89 Å². The van der Waals surface area contributed by atoms with Crippen molar-refractivity contribution in [2.45, 2.75) is 51.2 Å². The maximum Gasteiger partial charge on any atom is 0.246 e. The molecule has 2 N–H and O–H groups in total. The third kappa shape index (κ3) is 2.50. The predicted molar refractivity (Wildman–Crippen MR) is 63.2 cm³/mol. The topological polar surface area (TPSA) is 74.2 Å². The molecule has 1 heterocycles. The van der Waals surface area contributed by atoms with E-state index in [1.54, 1.807) is 7.11 Å². The molecule has 1 aromatic rings. The fourth-order valence-corrected chi connectivity index (χ4v) is 2.49. The molecule has 1 fully saturated rings. The van der Waals surface area contributed by atoms with Crippen LogP contribution in [0.2, 0.25) is 0 Å². The fourth-order valence-electron chi connectivity index (χ4n) is 2.49. The summed E-state index contributed by atoms with van der Waals surface area (Å²) in [5, 5.41) is 3.94. The SMILES string of the molecule is COC(C)c1noc(C2(N)CCCC(C)C2)n1.